The highest BCUT2D eigenvalue weighted by Crippen LogP contribution is 2.18. The summed E-state index contributed by atoms with van der Waals surface area (Å²) in [5.41, 5.74) is 1.23. The van der Waals surface area contributed by atoms with Crippen LogP contribution in [-0.2, 0) is 9.53 Å². The van der Waals surface area contributed by atoms with Crippen molar-refractivity contribution in [2.75, 3.05) is 19.7 Å². The molecule has 0 unspecified atom stereocenters. The lowest BCUT2D eigenvalue weighted by atomic mass is 10.1. The molecule has 0 bridgehead atoms. The summed E-state index contributed by atoms with van der Waals surface area (Å²) in [5, 5.41) is 13.1. The summed E-state index contributed by atoms with van der Waals surface area (Å²) in [5.74, 6) is -1.07. The fraction of sp³-hybridized carbons (Fsp3) is 0.312. The first-order chi connectivity index (χ1) is 11.1. The normalized spacial score (nSPS) is 17.9. The van der Waals surface area contributed by atoms with Gasteiger partial charge < -0.3 is 14.7 Å². The molecule has 2 heterocycles. The Hall–Kier alpha value is -2.67. The number of hydrogen-bond donors (Lipinski definition) is 1. The molecule has 3 rings (SSSR count). The van der Waals surface area contributed by atoms with Crippen LogP contribution in [0.1, 0.15) is 16.8 Å². The van der Waals surface area contributed by atoms with E-state index in [0.717, 1.165) is 0 Å². The molecule has 0 saturated carbocycles. The van der Waals surface area contributed by atoms with Crippen molar-refractivity contribution < 1.29 is 19.4 Å². The number of hydrogen-bond acceptors (Lipinski definition) is 4. The van der Waals surface area contributed by atoms with Crippen LogP contribution >= 0.6 is 0 Å². The Bertz CT molecular complexity index is 699. The van der Waals surface area contributed by atoms with E-state index in [4.69, 9.17) is 9.84 Å². The average Bonchev–Trinajstić information content (AvgIpc) is 3.08. The summed E-state index contributed by atoms with van der Waals surface area (Å²) < 4.78 is 7.06. The van der Waals surface area contributed by atoms with E-state index < -0.39 is 12.1 Å². The molecule has 7 heteroatoms. The van der Waals surface area contributed by atoms with Crippen LogP contribution < -0.4 is 0 Å². The van der Waals surface area contributed by atoms with Crippen LogP contribution in [0.15, 0.2) is 42.7 Å². The predicted molar refractivity (Wildman–Crippen MR) is 81.5 cm³/mol. The second-order valence-corrected chi connectivity index (χ2v) is 5.31. The van der Waals surface area contributed by atoms with Crippen molar-refractivity contribution in [3.05, 3.63) is 48.3 Å². The number of rotatable bonds is 4. The van der Waals surface area contributed by atoms with Gasteiger partial charge in [0, 0.05) is 25.5 Å². The topological polar surface area (TPSA) is 84.7 Å². The molecule has 1 aliphatic heterocycles. The van der Waals surface area contributed by atoms with E-state index in [2.05, 4.69) is 5.10 Å². The lowest BCUT2D eigenvalue weighted by Crippen LogP contribution is -2.46. The maximum Gasteiger partial charge on any atom is 0.306 e. The molecule has 0 spiro atoms. The number of benzene rings is 1. The lowest BCUT2D eigenvalue weighted by Gasteiger charge is -2.32. The van der Waals surface area contributed by atoms with Gasteiger partial charge in [-0.3, -0.25) is 9.59 Å². The number of carbonyl (C=O) groups is 2. The molecule has 1 amide bonds. The van der Waals surface area contributed by atoms with E-state index in [9.17, 15) is 9.59 Å². The molecule has 7 nitrogen and oxygen atoms in total. The van der Waals surface area contributed by atoms with Crippen molar-refractivity contribution in [3.63, 3.8) is 0 Å². The van der Waals surface area contributed by atoms with E-state index in [1.165, 1.54) is 0 Å². The third-order valence-electron chi connectivity index (χ3n) is 3.71. The van der Waals surface area contributed by atoms with E-state index in [-0.39, 0.29) is 18.9 Å². The fourth-order valence-electron chi connectivity index (χ4n) is 2.66. The van der Waals surface area contributed by atoms with E-state index >= 15 is 0 Å². The molecular formula is C16H17N3O4. The van der Waals surface area contributed by atoms with Gasteiger partial charge in [-0.15, -0.1) is 0 Å². The maximum absolute atomic E-state index is 12.8. The fourth-order valence-corrected chi connectivity index (χ4v) is 2.66. The Morgan fingerprint density at radius 3 is 2.87 bits per heavy atom. The SMILES string of the molecule is O=C(O)C[C@@H]1CN(C(=O)c2ccccc2-n2cccn2)CCO1. The number of aromatic nitrogens is 2. The maximum atomic E-state index is 12.8. The van der Waals surface area contributed by atoms with Gasteiger partial charge in [0.05, 0.1) is 30.4 Å². The Balaban J connectivity index is 1.82. The summed E-state index contributed by atoms with van der Waals surface area (Å²) in [6.45, 7) is 1.06. The average molecular weight is 315 g/mol. The number of nitrogens with zero attached hydrogens (tertiary/aromatic N) is 3. The molecule has 23 heavy (non-hydrogen) atoms. The van der Waals surface area contributed by atoms with Crippen LogP contribution in [0.25, 0.3) is 5.69 Å². The first-order valence-electron chi connectivity index (χ1n) is 7.37. The van der Waals surface area contributed by atoms with Crippen LogP contribution in [0.5, 0.6) is 0 Å². The molecule has 1 atom stereocenters. The van der Waals surface area contributed by atoms with Gasteiger partial charge in [-0.25, -0.2) is 4.68 Å². The summed E-state index contributed by atoms with van der Waals surface area (Å²) in [7, 11) is 0. The number of carbonyl (C=O) groups excluding carboxylic acids is 1. The molecule has 0 radical (unpaired) electrons. The highest BCUT2D eigenvalue weighted by molar-refractivity contribution is 5.97. The van der Waals surface area contributed by atoms with Crippen LogP contribution in [0.2, 0.25) is 0 Å². The molecule has 1 fully saturated rings. The van der Waals surface area contributed by atoms with E-state index in [0.29, 0.717) is 24.4 Å². The Labute approximate surface area is 133 Å². The quantitative estimate of drug-likeness (QED) is 0.916. The molecule has 1 saturated heterocycles. The Morgan fingerprint density at radius 1 is 1.30 bits per heavy atom. The van der Waals surface area contributed by atoms with Gasteiger partial charge in [-0.1, -0.05) is 12.1 Å². The van der Waals surface area contributed by atoms with E-state index in [1.54, 1.807) is 40.2 Å². The van der Waals surface area contributed by atoms with Crippen molar-refractivity contribution >= 4 is 11.9 Å². The molecule has 0 aliphatic carbocycles. The van der Waals surface area contributed by atoms with Crippen LogP contribution in [0, 0.1) is 0 Å². The summed E-state index contributed by atoms with van der Waals surface area (Å²) in [6.07, 6.45) is 2.85. The zero-order valence-corrected chi connectivity index (χ0v) is 12.5. The largest absolute Gasteiger partial charge is 0.481 e. The van der Waals surface area contributed by atoms with Gasteiger partial charge in [-0.05, 0) is 18.2 Å². The Kier molecular flexibility index (Phi) is 4.38. The minimum Gasteiger partial charge on any atom is -0.481 e. The first-order valence-corrected chi connectivity index (χ1v) is 7.37. The highest BCUT2D eigenvalue weighted by atomic mass is 16.5. The number of ether oxygens (including phenoxy) is 1. The van der Waals surface area contributed by atoms with Gasteiger partial charge in [0.15, 0.2) is 0 Å². The van der Waals surface area contributed by atoms with Gasteiger partial charge in [0.25, 0.3) is 5.91 Å². The second kappa shape index (κ2) is 6.62. The molecule has 1 N–H and O–H groups in total. The monoisotopic (exact) mass is 315 g/mol. The summed E-state index contributed by atoms with van der Waals surface area (Å²) in [4.78, 5) is 25.3. The number of carboxylic acids is 1. The number of amides is 1. The number of carboxylic acid groups (broad SMARTS) is 1. The highest BCUT2D eigenvalue weighted by Gasteiger charge is 2.27. The molecule has 1 aromatic carbocycles. The third-order valence-corrected chi connectivity index (χ3v) is 3.71. The molecule has 1 aromatic heterocycles. The smallest absolute Gasteiger partial charge is 0.306 e. The van der Waals surface area contributed by atoms with Crippen LogP contribution in [0.4, 0.5) is 0 Å². The van der Waals surface area contributed by atoms with Gasteiger partial charge >= 0.3 is 5.97 Å². The molecular weight excluding hydrogens is 298 g/mol. The number of para-hydroxylation sites is 1. The third kappa shape index (κ3) is 3.40. The second-order valence-electron chi connectivity index (χ2n) is 5.31. The van der Waals surface area contributed by atoms with Gasteiger partial charge in [0.1, 0.15) is 0 Å². The van der Waals surface area contributed by atoms with Crippen molar-refractivity contribution in [3.8, 4) is 5.69 Å². The van der Waals surface area contributed by atoms with Crippen LogP contribution in [0.3, 0.4) is 0 Å². The van der Waals surface area contributed by atoms with Crippen LogP contribution in [-0.4, -0.2) is 57.5 Å². The number of aliphatic carboxylic acids is 1. The standard InChI is InChI=1S/C16H17N3O4/c20-15(21)10-12-11-18(8-9-23-12)16(22)13-4-1-2-5-14(13)19-7-3-6-17-19/h1-7,12H,8-11H2,(H,20,21)/t12-/m1/s1. The summed E-state index contributed by atoms with van der Waals surface area (Å²) in [6, 6.07) is 9.02. The van der Waals surface area contributed by atoms with Crippen molar-refractivity contribution in [1.29, 1.82) is 0 Å². The van der Waals surface area contributed by atoms with Crippen molar-refractivity contribution in [2.45, 2.75) is 12.5 Å². The predicted octanol–water partition coefficient (Wildman–Crippen LogP) is 1.19. The minimum absolute atomic E-state index is 0.107. The van der Waals surface area contributed by atoms with Crippen molar-refractivity contribution in [2.24, 2.45) is 0 Å². The van der Waals surface area contributed by atoms with Gasteiger partial charge in [0.2, 0.25) is 0 Å². The Morgan fingerprint density at radius 2 is 2.13 bits per heavy atom. The molecule has 2 aromatic rings. The zero-order valence-electron chi connectivity index (χ0n) is 12.5. The van der Waals surface area contributed by atoms with Gasteiger partial charge in [-0.2, -0.15) is 5.10 Å². The molecule has 1 aliphatic rings. The zero-order chi connectivity index (χ0) is 16.2. The number of morpholine rings is 1. The summed E-state index contributed by atoms with van der Waals surface area (Å²) >= 11 is 0. The lowest BCUT2D eigenvalue weighted by molar-refractivity contribution is -0.141. The first kappa shape index (κ1) is 15.2. The van der Waals surface area contributed by atoms with Crippen molar-refractivity contribution in [1.82, 2.24) is 14.7 Å². The molecule has 120 valence electrons. The minimum atomic E-state index is -0.929. The van der Waals surface area contributed by atoms with E-state index in [1.807, 2.05) is 12.1 Å².